The number of para-hydroxylation sites is 1. The third-order valence-corrected chi connectivity index (χ3v) is 8.01. The molecule has 0 saturated heterocycles. The van der Waals surface area contributed by atoms with Crippen LogP contribution in [0.1, 0.15) is 11.1 Å². The quantitative estimate of drug-likeness (QED) is 0.177. The molecule has 1 N–H and O–H groups in total. The van der Waals surface area contributed by atoms with Gasteiger partial charge in [0, 0.05) is 0 Å². The maximum Gasteiger partial charge on any atom is 0.264 e. The van der Waals surface area contributed by atoms with Gasteiger partial charge in [0.15, 0.2) is 0 Å². The minimum absolute atomic E-state index is 0.0953. The number of hydrogen-bond donors (Lipinski definition) is 1. The second-order valence-corrected chi connectivity index (χ2v) is 10.8. The molecule has 0 spiro atoms. The maximum absolute atomic E-state index is 13.3. The second-order valence-electron chi connectivity index (χ2n) is 8.95. The van der Waals surface area contributed by atoms with E-state index in [4.69, 9.17) is 4.74 Å². The number of rotatable bonds is 10. The molecule has 0 heterocycles. The molecular formula is C32H27N3O4S. The molecule has 0 aromatic heterocycles. The average molecular weight is 550 g/mol. The Morgan fingerprint density at radius 2 is 1.43 bits per heavy atom. The number of nitrogens with zero attached hydrogens (tertiary/aromatic N) is 2. The Kier molecular flexibility index (Phi) is 8.18. The highest BCUT2D eigenvalue weighted by Crippen LogP contribution is 2.23. The third kappa shape index (κ3) is 6.36. The van der Waals surface area contributed by atoms with Gasteiger partial charge in [0.25, 0.3) is 15.9 Å². The molecule has 0 bridgehead atoms. The van der Waals surface area contributed by atoms with Crippen LogP contribution < -0.4 is 14.5 Å². The molecule has 7 nitrogen and oxygen atoms in total. The average Bonchev–Trinajstić information content (AvgIpc) is 3.00. The van der Waals surface area contributed by atoms with Gasteiger partial charge in [-0.2, -0.15) is 5.10 Å². The molecule has 0 unspecified atom stereocenters. The summed E-state index contributed by atoms with van der Waals surface area (Å²) in [6, 6.07) is 38.1. The molecule has 0 fully saturated rings. The van der Waals surface area contributed by atoms with Crippen molar-refractivity contribution in [2.24, 2.45) is 5.10 Å². The van der Waals surface area contributed by atoms with E-state index >= 15 is 0 Å². The van der Waals surface area contributed by atoms with Gasteiger partial charge in [-0.25, -0.2) is 13.8 Å². The van der Waals surface area contributed by atoms with Crippen LogP contribution in [0, 0.1) is 0 Å². The molecule has 5 aromatic carbocycles. The van der Waals surface area contributed by atoms with E-state index in [-0.39, 0.29) is 4.90 Å². The van der Waals surface area contributed by atoms with E-state index in [0.29, 0.717) is 18.0 Å². The van der Waals surface area contributed by atoms with Crippen LogP contribution in [-0.2, 0) is 21.4 Å². The van der Waals surface area contributed by atoms with Crippen molar-refractivity contribution in [1.29, 1.82) is 0 Å². The van der Waals surface area contributed by atoms with Gasteiger partial charge < -0.3 is 4.74 Å². The lowest BCUT2D eigenvalue weighted by Gasteiger charge is -2.23. The van der Waals surface area contributed by atoms with Crippen molar-refractivity contribution >= 4 is 38.6 Å². The number of nitrogens with one attached hydrogen (secondary N) is 1. The van der Waals surface area contributed by atoms with Gasteiger partial charge in [0.05, 0.1) is 16.8 Å². The molecule has 200 valence electrons. The Morgan fingerprint density at radius 3 is 2.17 bits per heavy atom. The van der Waals surface area contributed by atoms with Crippen LogP contribution in [0.5, 0.6) is 5.75 Å². The van der Waals surface area contributed by atoms with Crippen LogP contribution in [0.25, 0.3) is 10.8 Å². The second kappa shape index (κ2) is 12.3. The molecule has 0 saturated carbocycles. The van der Waals surface area contributed by atoms with Crippen molar-refractivity contribution in [3.05, 3.63) is 139 Å². The summed E-state index contributed by atoms with van der Waals surface area (Å²) in [6.07, 6.45) is 1.49. The van der Waals surface area contributed by atoms with E-state index < -0.39 is 22.5 Å². The molecule has 8 heteroatoms. The van der Waals surface area contributed by atoms with Gasteiger partial charge in [-0.3, -0.25) is 9.10 Å². The summed E-state index contributed by atoms with van der Waals surface area (Å²) in [4.78, 5) is 12.8. The van der Waals surface area contributed by atoms with E-state index in [1.807, 2.05) is 42.5 Å². The van der Waals surface area contributed by atoms with Crippen molar-refractivity contribution in [1.82, 2.24) is 5.43 Å². The van der Waals surface area contributed by atoms with Crippen LogP contribution in [0.15, 0.2) is 137 Å². The highest BCUT2D eigenvalue weighted by Gasteiger charge is 2.26. The van der Waals surface area contributed by atoms with Gasteiger partial charge in [-0.1, -0.05) is 78.9 Å². The van der Waals surface area contributed by atoms with Crippen molar-refractivity contribution in [2.45, 2.75) is 11.5 Å². The number of amides is 1. The van der Waals surface area contributed by atoms with Crippen molar-refractivity contribution in [3.63, 3.8) is 0 Å². The van der Waals surface area contributed by atoms with Crippen LogP contribution >= 0.6 is 0 Å². The van der Waals surface area contributed by atoms with E-state index in [9.17, 15) is 13.2 Å². The third-order valence-electron chi connectivity index (χ3n) is 6.22. The lowest BCUT2D eigenvalue weighted by Crippen LogP contribution is -2.39. The Morgan fingerprint density at radius 1 is 0.775 bits per heavy atom. The highest BCUT2D eigenvalue weighted by molar-refractivity contribution is 7.92. The molecular weight excluding hydrogens is 522 g/mol. The maximum atomic E-state index is 13.3. The Labute approximate surface area is 233 Å². The van der Waals surface area contributed by atoms with Gasteiger partial charge in [-0.05, 0) is 70.4 Å². The molecule has 5 rings (SSSR count). The van der Waals surface area contributed by atoms with Crippen molar-refractivity contribution in [2.75, 3.05) is 10.8 Å². The summed E-state index contributed by atoms with van der Waals surface area (Å²) in [5, 5.41) is 6.34. The molecule has 0 radical (unpaired) electrons. The number of hydrogen-bond acceptors (Lipinski definition) is 5. The molecule has 0 aliphatic carbocycles. The standard InChI is InChI=1S/C32H27N3O4S/c36-32(23-35(28-13-3-1-4-14-28)40(37,38)30-15-5-2-6-16-30)34-33-22-25-18-20-29(21-19-25)39-24-27-12-9-11-26-10-7-8-17-31(26)27/h1-22H,23-24H2,(H,34,36)/b33-22-. The summed E-state index contributed by atoms with van der Waals surface area (Å²) < 4.78 is 33.6. The van der Waals surface area contributed by atoms with E-state index in [1.54, 1.807) is 48.5 Å². The number of benzene rings is 5. The van der Waals surface area contributed by atoms with Gasteiger partial charge in [0.1, 0.15) is 18.9 Å². The van der Waals surface area contributed by atoms with Gasteiger partial charge in [-0.15, -0.1) is 0 Å². The summed E-state index contributed by atoms with van der Waals surface area (Å²) in [6.45, 7) is 0.00811. The Bertz CT molecular complexity index is 1720. The first-order valence-corrected chi connectivity index (χ1v) is 14.1. The number of ether oxygens (including phenoxy) is 1. The minimum Gasteiger partial charge on any atom is -0.489 e. The summed E-state index contributed by atoms with van der Waals surface area (Å²) in [5.41, 5.74) is 4.65. The normalized spacial score (nSPS) is 11.4. The molecule has 0 aliphatic heterocycles. The fourth-order valence-corrected chi connectivity index (χ4v) is 5.65. The van der Waals surface area contributed by atoms with Crippen LogP contribution in [-0.4, -0.2) is 27.1 Å². The monoisotopic (exact) mass is 549 g/mol. The number of hydrazone groups is 1. The lowest BCUT2D eigenvalue weighted by molar-refractivity contribution is -0.119. The van der Waals surface area contributed by atoms with E-state index in [0.717, 1.165) is 20.8 Å². The molecule has 5 aromatic rings. The molecule has 1 amide bonds. The van der Waals surface area contributed by atoms with Crippen LogP contribution in [0.2, 0.25) is 0 Å². The smallest absolute Gasteiger partial charge is 0.264 e. The molecule has 0 aliphatic rings. The predicted molar refractivity (Wildman–Crippen MR) is 158 cm³/mol. The zero-order valence-electron chi connectivity index (χ0n) is 21.6. The zero-order valence-corrected chi connectivity index (χ0v) is 22.4. The van der Waals surface area contributed by atoms with Crippen LogP contribution in [0.4, 0.5) is 5.69 Å². The number of sulfonamides is 1. The predicted octanol–water partition coefficient (Wildman–Crippen LogP) is 5.76. The minimum atomic E-state index is -3.96. The Hall–Kier alpha value is -4.95. The first kappa shape index (κ1) is 26.6. The number of carbonyl (C=O) groups is 1. The van der Waals surface area contributed by atoms with E-state index in [1.165, 1.54) is 23.7 Å². The fraction of sp³-hybridized carbons (Fsp3) is 0.0625. The first-order chi connectivity index (χ1) is 19.5. The highest BCUT2D eigenvalue weighted by atomic mass is 32.2. The molecule has 40 heavy (non-hydrogen) atoms. The lowest BCUT2D eigenvalue weighted by atomic mass is 10.1. The number of fused-ring (bicyclic) bond motifs is 1. The van der Waals surface area contributed by atoms with Gasteiger partial charge in [0.2, 0.25) is 0 Å². The Balaban J connectivity index is 1.20. The van der Waals surface area contributed by atoms with E-state index in [2.05, 4.69) is 34.8 Å². The largest absolute Gasteiger partial charge is 0.489 e. The van der Waals surface area contributed by atoms with Gasteiger partial charge >= 0.3 is 0 Å². The SMILES string of the molecule is O=C(CN(c1ccccc1)S(=O)(=O)c1ccccc1)N/N=C\c1ccc(OCc2cccc3ccccc23)cc1. The van der Waals surface area contributed by atoms with Crippen LogP contribution in [0.3, 0.4) is 0 Å². The summed E-state index contributed by atoms with van der Waals surface area (Å²) >= 11 is 0. The van der Waals surface area contributed by atoms with Crippen molar-refractivity contribution in [3.8, 4) is 5.75 Å². The number of carbonyl (C=O) groups excluding carboxylic acids is 1. The fourth-order valence-electron chi connectivity index (χ4n) is 4.20. The topological polar surface area (TPSA) is 88.1 Å². The first-order valence-electron chi connectivity index (χ1n) is 12.6. The zero-order chi connectivity index (χ0) is 27.8. The molecule has 0 atom stereocenters. The summed E-state index contributed by atoms with van der Waals surface area (Å²) in [5.74, 6) is 0.133. The van der Waals surface area contributed by atoms with Crippen molar-refractivity contribution < 1.29 is 17.9 Å². The summed E-state index contributed by atoms with van der Waals surface area (Å²) in [7, 11) is -3.96. The number of anilines is 1.